The molecule has 0 bridgehead atoms. The van der Waals surface area contributed by atoms with Crippen LogP contribution in [0.2, 0.25) is 0 Å². The minimum Gasteiger partial charge on any atom is -0.384 e. The molecule has 19 heavy (non-hydrogen) atoms. The first-order valence-electron chi connectivity index (χ1n) is 5.59. The fraction of sp³-hybridized carbons (Fsp3) is 0.182. The van der Waals surface area contributed by atoms with E-state index >= 15 is 0 Å². The third kappa shape index (κ3) is 3.16. The van der Waals surface area contributed by atoms with E-state index in [2.05, 4.69) is 25.0 Å². The molecule has 0 saturated heterocycles. The number of nitrogens with one attached hydrogen (secondary N) is 2. The maximum Gasteiger partial charge on any atom is 0.265 e. The smallest absolute Gasteiger partial charge is 0.265 e. The molecule has 2 aromatic rings. The van der Waals surface area contributed by atoms with Crippen LogP contribution in [0.5, 0.6) is 0 Å². The van der Waals surface area contributed by atoms with Crippen LogP contribution >= 0.6 is 0 Å². The Hall–Kier alpha value is -2.22. The SMILES string of the molecule is CCNc1ccncc1S(=O)(=O)Nc1cncnc1. The molecule has 0 radical (unpaired) electrons. The van der Waals surface area contributed by atoms with Gasteiger partial charge in [0.2, 0.25) is 0 Å². The fourth-order valence-corrected chi connectivity index (χ4v) is 2.65. The quantitative estimate of drug-likeness (QED) is 0.850. The zero-order valence-electron chi connectivity index (χ0n) is 10.2. The van der Waals surface area contributed by atoms with Gasteiger partial charge >= 0.3 is 0 Å². The molecule has 0 aromatic carbocycles. The Morgan fingerprint density at radius 3 is 2.58 bits per heavy atom. The summed E-state index contributed by atoms with van der Waals surface area (Å²) in [6, 6.07) is 1.61. The van der Waals surface area contributed by atoms with Crippen molar-refractivity contribution < 1.29 is 8.42 Å². The number of pyridine rings is 1. The molecule has 0 aliphatic carbocycles. The highest BCUT2D eigenvalue weighted by molar-refractivity contribution is 7.92. The molecule has 0 aliphatic rings. The van der Waals surface area contributed by atoms with Crippen molar-refractivity contribution in [3.63, 3.8) is 0 Å². The van der Waals surface area contributed by atoms with Gasteiger partial charge in [-0.1, -0.05) is 0 Å². The highest BCUT2D eigenvalue weighted by atomic mass is 32.2. The fourth-order valence-electron chi connectivity index (χ4n) is 1.49. The van der Waals surface area contributed by atoms with E-state index in [-0.39, 0.29) is 4.90 Å². The van der Waals surface area contributed by atoms with Crippen LogP contribution in [-0.4, -0.2) is 29.9 Å². The first-order valence-corrected chi connectivity index (χ1v) is 7.07. The lowest BCUT2D eigenvalue weighted by Crippen LogP contribution is -2.16. The maximum absolute atomic E-state index is 12.3. The minimum absolute atomic E-state index is 0.0840. The van der Waals surface area contributed by atoms with E-state index in [9.17, 15) is 8.42 Å². The second kappa shape index (κ2) is 5.61. The Balaban J connectivity index is 2.35. The predicted molar refractivity (Wildman–Crippen MR) is 71.2 cm³/mol. The standard InChI is InChI=1S/C11H13N5O2S/c1-2-15-10-3-4-12-7-11(10)19(17,18)16-9-5-13-8-14-6-9/h3-8,16H,2H2,1H3,(H,12,15). The molecule has 0 unspecified atom stereocenters. The lowest BCUT2D eigenvalue weighted by molar-refractivity contribution is 0.601. The predicted octanol–water partition coefficient (Wildman–Crippen LogP) is 1.10. The highest BCUT2D eigenvalue weighted by Gasteiger charge is 2.18. The summed E-state index contributed by atoms with van der Waals surface area (Å²) in [7, 11) is -3.72. The molecule has 7 nitrogen and oxygen atoms in total. The molecule has 0 aliphatic heterocycles. The van der Waals surface area contributed by atoms with Gasteiger partial charge in [-0.2, -0.15) is 0 Å². The topological polar surface area (TPSA) is 96.9 Å². The van der Waals surface area contributed by atoms with Crippen LogP contribution in [0.3, 0.4) is 0 Å². The number of hydrogen-bond donors (Lipinski definition) is 2. The highest BCUT2D eigenvalue weighted by Crippen LogP contribution is 2.21. The molecular weight excluding hydrogens is 266 g/mol. The number of rotatable bonds is 5. The van der Waals surface area contributed by atoms with E-state index in [1.807, 2.05) is 6.92 Å². The third-order valence-corrected chi connectivity index (χ3v) is 3.66. The van der Waals surface area contributed by atoms with E-state index in [1.165, 1.54) is 31.1 Å². The summed E-state index contributed by atoms with van der Waals surface area (Å²) in [5, 5.41) is 2.98. The molecule has 0 saturated carbocycles. The average Bonchev–Trinajstić information content (AvgIpc) is 2.40. The van der Waals surface area contributed by atoms with E-state index < -0.39 is 10.0 Å². The van der Waals surface area contributed by atoms with Crippen molar-refractivity contribution in [1.82, 2.24) is 15.0 Å². The zero-order valence-corrected chi connectivity index (χ0v) is 11.1. The lowest BCUT2D eigenvalue weighted by Gasteiger charge is -2.11. The van der Waals surface area contributed by atoms with Gasteiger partial charge in [-0.05, 0) is 13.0 Å². The van der Waals surface area contributed by atoms with Crippen LogP contribution in [0.1, 0.15) is 6.92 Å². The second-order valence-electron chi connectivity index (χ2n) is 3.63. The molecule has 0 fully saturated rings. The van der Waals surface area contributed by atoms with Gasteiger partial charge in [0.1, 0.15) is 11.2 Å². The summed E-state index contributed by atoms with van der Waals surface area (Å²) in [5.41, 5.74) is 0.802. The Labute approximate surface area is 111 Å². The van der Waals surface area contributed by atoms with Crippen molar-refractivity contribution in [2.24, 2.45) is 0 Å². The summed E-state index contributed by atoms with van der Waals surface area (Å²) in [6.07, 6.45) is 6.92. The van der Waals surface area contributed by atoms with Crippen molar-refractivity contribution >= 4 is 21.4 Å². The first-order chi connectivity index (χ1) is 9.13. The number of aromatic nitrogens is 3. The number of anilines is 2. The van der Waals surface area contributed by atoms with Gasteiger partial charge in [-0.25, -0.2) is 18.4 Å². The van der Waals surface area contributed by atoms with Crippen LogP contribution in [0.15, 0.2) is 42.1 Å². The van der Waals surface area contributed by atoms with Crippen LogP contribution < -0.4 is 10.0 Å². The van der Waals surface area contributed by atoms with Crippen LogP contribution in [-0.2, 0) is 10.0 Å². The van der Waals surface area contributed by atoms with Gasteiger partial charge in [-0.3, -0.25) is 9.71 Å². The van der Waals surface area contributed by atoms with E-state index in [4.69, 9.17) is 0 Å². The van der Waals surface area contributed by atoms with Crippen molar-refractivity contribution in [1.29, 1.82) is 0 Å². The largest absolute Gasteiger partial charge is 0.384 e. The minimum atomic E-state index is -3.72. The van der Waals surface area contributed by atoms with Gasteiger partial charge in [0.15, 0.2) is 0 Å². The third-order valence-electron chi connectivity index (χ3n) is 2.25. The molecule has 0 spiro atoms. The summed E-state index contributed by atoms with van der Waals surface area (Å²) in [5.74, 6) is 0. The van der Waals surface area contributed by atoms with E-state index in [1.54, 1.807) is 6.07 Å². The van der Waals surface area contributed by atoms with Gasteiger partial charge < -0.3 is 5.32 Å². The molecule has 2 heterocycles. The van der Waals surface area contributed by atoms with Crippen LogP contribution in [0.4, 0.5) is 11.4 Å². The molecule has 2 N–H and O–H groups in total. The average molecular weight is 279 g/mol. The van der Waals surface area contributed by atoms with Crippen molar-refractivity contribution in [2.75, 3.05) is 16.6 Å². The Bertz CT molecular complexity index is 645. The summed E-state index contributed by atoms with van der Waals surface area (Å²) >= 11 is 0. The molecule has 0 atom stereocenters. The Morgan fingerprint density at radius 1 is 1.16 bits per heavy atom. The lowest BCUT2D eigenvalue weighted by atomic mass is 10.4. The van der Waals surface area contributed by atoms with Crippen LogP contribution in [0.25, 0.3) is 0 Å². The monoisotopic (exact) mass is 279 g/mol. The van der Waals surface area contributed by atoms with Gasteiger partial charge in [0.25, 0.3) is 10.0 Å². The number of hydrogen-bond acceptors (Lipinski definition) is 6. The van der Waals surface area contributed by atoms with E-state index in [0.717, 1.165) is 0 Å². The van der Waals surface area contributed by atoms with Crippen LogP contribution in [0, 0.1) is 0 Å². The number of nitrogens with zero attached hydrogens (tertiary/aromatic N) is 3. The Morgan fingerprint density at radius 2 is 1.89 bits per heavy atom. The zero-order chi connectivity index (χ0) is 13.7. The van der Waals surface area contributed by atoms with Crippen molar-refractivity contribution in [3.8, 4) is 0 Å². The van der Waals surface area contributed by atoms with Crippen molar-refractivity contribution in [2.45, 2.75) is 11.8 Å². The molecule has 100 valence electrons. The van der Waals surface area contributed by atoms with E-state index in [0.29, 0.717) is 17.9 Å². The summed E-state index contributed by atoms with van der Waals surface area (Å²) < 4.78 is 26.9. The summed E-state index contributed by atoms with van der Waals surface area (Å²) in [6.45, 7) is 2.50. The number of sulfonamides is 1. The van der Waals surface area contributed by atoms with Crippen molar-refractivity contribution in [3.05, 3.63) is 37.2 Å². The first kappa shape index (κ1) is 13.2. The molecule has 2 rings (SSSR count). The molecule has 2 aromatic heterocycles. The van der Waals surface area contributed by atoms with Gasteiger partial charge in [-0.15, -0.1) is 0 Å². The van der Waals surface area contributed by atoms with Gasteiger partial charge in [0, 0.05) is 18.9 Å². The summed E-state index contributed by atoms with van der Waals surface area (Å²) in [4.78, 5) is 11.4. The molecular formula is C11H13N5O2S. The maximum atomic E-state index is 12.3. The second-order valence-corrected chi connectivity index (χ2v) is 5.29. The molecule has 0 amide bonds. The molecule has 8 heteroatoms. The Kier molecular flexibility index (Phi) is 3.91. The van der Waals surface area contributed by atoms with Gasteiger partial charge in [0.05, 0.1) is 23.8 Å². The normalized spacial score (nSPS) is 11.0.